The molecule has 3 aromatic rings. The van der Waals surface area contributed by atoms with Crippen LogP contribution < -0.4 is 10.9 Å². The number of pyridine rings is 2. The van der Waals surface area contributed by atoms with Crippen LogP contribution in [0.2, 0.25) is 0 Å². The fourth-order valence-corrected chi connectivity index (χ4v) is 4.85. The number of aryl methyl sites for hydroxylation is 2. The van der Waals surface area contributed by atoms with Gasteiger partial charge in [0.15, 0.2) is 0 Å². The normalized spacial score (nSPS) is 13.7. The SMILES string of the molecule is CC(NC1CC1)c1ccccn1.CCc1cc(-c2ccc(S(=O)(=O)O)s2)c(C)[nH]c1=O.Cl.Cl. The second-order valence-corrected chi connectivity index (χ2v) is 10.3. The zero-order chi connectivity index (χ0) is 22.6. The maximum atomic E-state index is 11.6. The van der Waals surface area contributed by atoms with Gasteiger partial charge in [-0.25, -0.2) is 0 Å². The van der Waals surface area contributed by atoms with Gasteiger partial charge in [-0.2, -0.15) is 8.42 Å². The van der Waals surface area contributed by atoms with Gasteiger partial charge in [0.2, 0.25) is 0 Å². The summed E-state index contributed by atoms with van der Waals surface area (Å²) >= 11 is 0.972. The number of aromatic amines is 1. The first kappa shape index (κ1) is 29.3. The molecular weight excluding hydrogens is 505 g/mol. The minimum atomic E-state index is -4.18. The van der Waals surface area contributed by atoms with Gasteiger partial charge >= 0.3 is 10.1 Å². The molecule has 1 aliphatic carbocycles. The van der Waals surface area contributed by atoms with Gasteiger partial charge in [-0.15, -0.1) is 36.2 Å². The van der Waals surface area contributed by atoms with Crippen LogP contribution in [0.5, 0.6) is 0 Å². The van der Waals surface area contributed by atoms with Crippen LogP contribution in [-0.4, -0.2) is 29.0 Å². The molecule has 3 aromatic heterocycles. The Morgan fingerprint density at radius 3 is 2.45 bits per heavy atom. The van der Waals surface area contributed by atoms with Gasteiger partial charge in [0.1, 0.15) is 4.21 Å². The fraction of sp³-hybridized carbons (Fsp3) is 0.364. The molecule has 7 nitrogen and oxygen atoms in total. The summed E-state index contributed by atoms with van der Waals surface area (Å²) in [5.74, 6) is 0. The maximum Gasteiger partial charge on any atom is 0.304 e. The van der Waals surface area contributed by atoms with Crippen molar-refractivity contribution in [2.75, 3.05) is 0 Å². The average molecular weight is 535 g/mol. The molecular formula is C22H29Cl2N3O4S2. The minimum absolute atomic E-state index is 0. The van der Waals surface area contributed by atoms with Gasteiger partial charge in [-0.3, -0.25) is 14.3 Å². The van der Waals surface area contributed by atoms with E-state index >= 15 is 0 Å². The Kier molecular flexibility index (Phi) is 11.2. The fourth-order valence-electron chi connectivity index (χ4n) is 3.11. The number of nitrogens with zero attached hydrogens (tertiary/aromatic N) is 1. The second-order valence-electron chi connectivity index (χ2n) is 7.53. The summed E-state index contributed by atoms with van der Waals surface area (Å²) in [4.78, 5) is 19.4. The zero-order valence-corrected chi connectivity index (χ0v) is 21.8. The second kappa shape index (κ2) is 12.6. The molecule has 1 aliphatic rings. The molecule has 182 valence electrons. The third-order valence-electron chi connectivity index (χ3n) is 4.99. The standard InChI is InChI=1S/C12H13NO4S2.C10H14N2.2ClH/c1-3-8-6-9(7(2)13-12(8)14)10-4-5-11(18-10)19(15,16)17;1-8(12-9-5-6-9)10-4-2-3-7-11-10;;/h4-6H,3H2,1-2H3,(H,13,14)(H,15,16,17);2-4,7-9,12H,5-6H2,1H3;2*1H. The number of hydrogen-bond donors (Lipinski definition) is 3. The van der Waals surface area contributed by atoms with E-state index in [1.54, 1.807) is 19.1 Å². The van der Waals surface area contributed by atoms with E-state index in [2.05, 4.69) is 28.3 Å². The van der Waals surface area contributed by atoms with Crippen LogP contribution in [0.15, 0.2) is 51.6 Å². The first-order chi connectivity index (χ1) is 14.7. The summed E-state index contributed by atoms with van der Waals surface area (Å²) in [6.45, 7) is 5.80. The Morgan fingerprint density at radius 1 is 1.24 bits per heavy atom. The average Bonchev–Trinajstić information content (AvgIpc) is 3.39. The Hall–Kier alpha value is -1.75. The van der Waals surface area contributed by atoms with E-state index in [0.717, 1.165) is 28.6 Å². The lowest BCUT2D eigenvalue weighted by atomic mass is 10.1. The summed E-state index contributed by atoms with van der Waals surface area (Å²) in [7, 11) is -4.18. The zero-order valence-electron chi connectivity index (χ0n) is 18.6. The van der Waals surface area contributed by atoms with Crippen molar-refractivity contribution in [2.24, 2.45) is 0 Å². The van der Waals surface area contributed by atoms with E-state index in [9.17, 15) is 13.2 Å². The van der Waals surface area contributed by atoms with Gasteiger partial charge in [0.05, 0.1) is 5.69 Å². The third-order valence-corrected chi connectivity index (χ3v) is 7.43. The number of thiophene rings is 1. The molecule has 0 radical (unpaired) electrons. The summed E-state index contributed by atoms with van der Waals surface area (Å²) in [5.41, 5.74) is 3.10. The van der Waals surface area contributed by atoms with Crippen LogP contribution in [0, 0.1) is 6.92 Å². The molecule has 1 unspecified atom stereocenters. The van der Waals surface area contributed by atoms with E-state index in [0.29, 0.717) is 28.6 Å². The molecule has 0 bridgehead atoms. The van der Waals surface area contributed by atoms with Crippen LogP contribution in [0.4, 0.5) is 0 Å². The molecule has 33 heavy (non-hydrogen) atoms. The predicted molar refractivity (Wildman–Crippen MR) is 138 cm³/mol. The number of halogens is 2. The predicted octanol–water partition coefficient (Wildman–Crippen LogP) is 4.96. The molecule has 0 aliphatic heterocycles. The summed E-state index contributed by atoms with van der Waals surface area (Å²) in [5, 5.41) is 3.51. The molecule has 0 spiro atoms. The van der Waals surface area contributed by atoms with Gasteiger partial charge in [0, 0.05) is 40.0 Å². The topological polar surface area (TPSA) is 112 Å². The monoisotopic (exact) mass is 533 g/mol. The Balaban J connectivity index is 0.000000338. The highest BCUT2D eigenvalue weighted by Gasteiger charge is 2.23. The maximum absolute atomic E-state index is 11.6. The van der Waals surface area contributed by atoms with Crippen molar-refractivity contribution < 1.29 is 13.0 Å². The highest BCUT2D eigenvalue weighted by Crippen LogP contribution is 2.32. The lowest BCUT2D eigenvalue weighted by molar-refractivity contribution is 0.485. The van der Waals surface area contributed by atoms with Crippen molar-refractivity contribution in [3.05, 3.63) is 69.9 Å². The van der Waals surface area contributed by atoms with Crippen molar-refractivity contribution in [3.63, 3.8) is 0 Å². The molecule has 11 heteroatoms. The molecule has 3 N–H and O–H groups in total. The van der Waals surface area contributed by atoms with E-state index < -0.39 is 10.1 Å². The highest BCUT2D eigenvalue weighted by atomic mass is 35.5. The molecule has 0 amide bonds. The van der Waals surface area contributed by atoms with Gasteiger partial charge in [-0.1, -0.05) is 13.0 Å². The Labute approximate surface area is 210 Å². The highest BCUT2D eigenvalue weighted by molar-refractivity contribution is 7.88. The number of hydrogen-bond acceptors (Lipinski definition) is 6. The molecule has 1 fully saturated rings. The summed E-state index contributed by atoms with van der Waals surface area (Å²) < 4.78 is 31.0. The van der Waals surface area contributed by atoms with Crippen molar-refractivity contribution >= 4 is 46.3 Å². The van der Waals surface area contributed by atoms with Crippen LogP contribution in [0.1, 0.15) is 49.7 Å². The first-order valence-corrected chi connectivity index (χ1v) is 12.4. The van der Waals surface area contributed by atoms with Crippen LogP contribution >= 0.6 is 36.2 Å². The molecule has 0 saturated heterocycles. The molecule has 1 saturated carbocycles. The van der Waals surface area contributed by atoms with Crippen molar-refractivity contribution in [1.82, 2.24) is 15.3 Å². The Bertz CT molecular complexity index is 1190. The quantitative estimate of drug-likeness (QED) is 0.386. The minimum Gasteiger partial charge on any atom is -0.326 e. The largest absolute Gasteiger partial charge is 0.326 e. The molecule has 4 rings (SSSR count). The van der Waals surface area contributed by atoms with Crippen molar-refractivity contribution in [1.29, 1.82) is 0 Å². The molecule has 3 heterocycles. The van der Waals surface area contributed by atoms with Gasteiger partial charge in [0.25, 0.3) is 5.56 Å². The van der Waals surface area contributed by atoms with Crippen molar-refractivity contribution in [3.8, 4) is 10.4 Å². The smallest absolute Gasteiger partial charge is 0.304 e. The van der Waals surface area contributed by atoms with E-state index in [4.69, 9.17) is 4.55 Å². The van der Waals surface area contributed by atoms with E-state index in [1.807, 2.05) is 25.3 Å². The molecule has 1 atom stereocenters. The summed E-state index contributed by atoms with van der Waals surface area (Å²) in [6.07, 6.45) is 5.11. The third kappa shape index (κ3) is 8.20. The number of H-pyrrole nitrogens is 1. The van der Waals surface area contributed by atoms with E-state index in [1.165, 1.54) is 18.9 Å². The number of aromatic nitrogens is 2. The summed E-state index contributed by atoms with van der Waals surface area (Å²) in [6, 6.07) is 11.9. The van der Waals surface area contributed by atoms with Crippen molar-refractivity contribution in [2.45, 2.75) is 56.3 Å². The van der Waals surface area contributed by atoms with E-state index in [-0.39, 0.29) is 34.6 Å². The van der Waals surface area contributed by atoms with Gasteiger partial charge < -0.3 is 10.3 Å². The lowest BCUT2D eigenvalue weighted by Gasteiger charge is -2.11. The first-order valence-electron chi connectivity index (χ1n) is 10.2. The number of rotatable bonds is 6. The van der Waals surface area contributed by atoms with Crippen LogP contribution in [-0.2, 0) is 16.5 Å². The van der Waals surface area contributed by atoms with Gasteiger partial charge in [-0.05, 0) is 63.4 Å². The van der Waals surface area contributed by atoms with Crippen LogP contribution in [0.3, 0.4) is 0 Å². The van der Waals surface area contributed by atoms with Crippen LogP contribution in [0.25, 0.3) is 10.4 Å². The lowest BCUT2D eigenvalue weighted by Crippen LogP contribution is -2.21. The number of nitrogens with one attached hydrogen (secondary N) is 2. The Morgan fingerprint density at radius 2 is 1.94 bits per heavy atom. The molecule has 0 aromatic carbocycles.